The van der Waals surface area contributed by atoms with Crippen LogP contribution in [0.25, 0.3) is 0 Å². The molecule has 2 N–H and O–H groups in total. The highest BCUT2D eigenvalue weighted by atomic mass is 16.2. The summed E-state index contributed by atoms with van der Waals surface area (Å²) < 4.78 is 0. The molecule has 0 spiro atoms. The summed E-state index contributed by atoms with van der Waals surface area (Å²) in [6.45, 7) is 2.62. The lowest BCUT2D eigenvalue weighted by molar-refractivity contribution is 0.0996. The summed E-state index contributed by atoms with van der Waals surface area (Å²) in [6.07, 6.45) is 0. The molecule has 2 aromatic rings. The maximum atomic E-state index is 12.3. The van der Waals surface area contributed by atoms with Gasteiger partial charge in [0, 0.05) is 16.9 Å². The van der Waals surface area contributed by atoms with Gasteiger partial charge in [-0.1, -0.05) is 24.3 Å². The summed E-state index contributed by atoms with van der Waals surface area (Å²) in [6, 6.07) is 13.4. The summed E-state index contributed by atoms with van der Waals surface area (Å²) in [7, 11) is 0. The van der Waals surface area contributed by atoms with Crippen LogP contribution in [0.4, 0.5) is 11.4 Å². The van der Waals surface area contributed by atoms with Gasteiger partial charge in [-0.3, -0.25) is 4.79 Å². The molecule has 0 aromatic heterocycles. The van der Waals surface area contributed by atoms with E-state index in [9.17, 15) is 4.79 Å². The van der Waals surface area contributed by atoms with Gasteiger partial charge in [-0.25, -0.2) is 0 Å². The highest BCUT2D eigenvalue weighted by Gasteiger charge is 2.28. The lowest BCUT2D eigenvalue weighted by Crippen LogP contribution is -2.23. The number of aryl methyl sites for hydroxylation is 1. The van der Waals surface area contributed by atoms with Crippen molar-refractivity contribution in [2.75, 3.05) is 10.6 Å². The summed E-state index contributed by atoms with van der Waals surface area (Å²) in [5, 5.41) is 0. The number of carbonyl (C=O) groups excluding carboxylic acids is 1. The van der Waals surface area contributed by atoms with Gasteiger partial charge in [0.25, 0.3) is 5.91 Å². The van der Waals surface area contributed by atoms with Crippen molar-refractivity contribution in [2.45, 2.75) is 13.5 Å². The molecule has 0 saturated heterocycles. The molecule has 0 fully saturated rings. The first-order valence-electron chi connectivity index (χ1n) is 5.93. The van der Waals surface area contributed by atoms with Crippen LogP contribution in [0.1, 0.15) is 21.5 Å². The fraction of sp³-hybridized carbons (Fsp3) is 0.133. The van der Waals surface area contributed by atoms with E-state index in [4.69, 9.17) is 5.73 Å². The van der Waals surface area contributed by atoms with Crippen molar-refractivity contribution in [3.63, 3.8) is 0 Å². The molecule has 3 nitrogen and oxygen atoms in total. The molecule has 1 aliphatic rings. The van der Waals surface area contributed by atoms with E-state index in [0.29, 0.717) is 12.2 Å². The Labute approximate surface area is 106 Å². The Morgan fingerprint density at radius 1 is 1.17 bits per heavy atom. The van der Waals surface area contributed by atoms with Crippen LogP contribution in [-0.4, -0.2) is 5.91 Å². The lowest BCUT2D eigenvalue weighted by atomic mass is 10.1. The minimum atomic E-state index is 0.0549. The van der Waals surface area contributed by atoms with Crippen molar-refractivity contribution in [1.29, 1.82) is 0 Å². The molecule has 90 valence electrons. The number of fused-ring (bicyclic) bond motifs is 1. The Morgan fingerprint density at radius 3 is 2.72 bits per heavy atom. The van der Waals surface area contributed by atoms with Gasteiger partial charge in [0.2, 0.25) is 0 Å². The second-order valence-electron chi connectivity index (χ2n) is 4.59. The van der Waals surface area contributed by atoms with Crippen LogP contribution in [0.5, 0.6) is 0 Å². The number of amides is 1. The lowest BCUT2D eigenvalue weighted by Gasteiger charge is -2.18. The van der Waals surface area contributed by atoms with Gasteiger partial charge in [0.1, 0.15) is 0 Å². The quantitative estimate of drug-likeness (QED) is 0.776. The minimum Gasteiger partial charge on any atom is -0.399 e. The van der Waals surface area contributed by atoms with Gasteiger partial charge in [0.05, 0.1) is 6.54 Å². The molecule has 1 aliphatic heterocycles. The van der Waals surface area contributed by atoms with E-state index in [2.05, 4.69) is 0 Å². The van der Waals surface area contributed by atoms with E-state index in [0.717, 1.165) is 22.4 Å². The zero-order valence-electron chi connectivity index (χ0n) is 10.2. The normalized spacial score (nSPS) is 13.8. The van der Waals surface area contributed by atoms with Crippen molar-refractivity contribution in [3.05, 3.63) is 59.2 Å². The van der Waals surface area contributed by atoms with E-state index in [1.807, 2.05) is 49.4 Å². The standard InChI is InChI=1S/C15H14N2O/c1-10-6-7-12(16)8-14(10)17-9-11-4-2-3-5-13(11)15(17)18/h2-8H,9,16H2,1H3. The number of nitrogen functional groups attached to an aromatic ring is 1. The highest BCUT2D eigenvalue weighted by molar-refractivity contribution is 6.10. The molecular formula is C15H14N2O. The summed E-state index contributed by atoms with van der Waals surface area (Å²) >= 11 is 0. The van der Waals surface area contributed by atoms with Crippen molar-refractivity contribution in [2.24, 2.45) is 0 Å². The van der Waals surface area contributed by atoms with Crippen LogP contribution >= 0.6 is 0 Å². The molecule has 18 heavy (non-hydrogen) atoms. The summed E-state index contributed by atoms with van der Waals surface area (Å²) in [5.74, 6) is 0.0549. The Balaban J connectivity index is 2.06. The second-order valence-corrected chi connectivity index (χ2v) is 4.59. The Bertz CT molecular complexity index is 634. The topological polar surface area (TPSA) is 46.3 Å². The molecule has 0 unspecified atom stereocenters. The van der Waals surface area contributed by atoms with Crippen LogP contribution in [0.15, 0.2) is 42.5 Å². The summed E-state index contributed by atoms with van der Waals surface area (Å²) in [5.41, 5.74) is 10.3. The van der Waals surface area contributed by atoms with Crippen LogP contribution in [-0.2, 0) is 6.54 Å². The fourth-order valence-corrected chi connectivity index (χ4v) is 2.37. The number of anilines is 2. The first-order valence-corrected chi connectivity index (χ1v) is 5.93. The van der Waals surface area contributed by atoms with Gasteiger partial charge in [0.15, 0.2) is 0 Å². The van der Waals surface area contributed by atoms with Crippen molar-refractivity contribution in [3.8, 4) is 0 Å². The maximum Gasteiger partial charge on any atom is 0.258 e. The maximum absolute atomic E-state index is 12.3. The molecule has 3 rings (SSSR count). The first kappa shape index (κ1) is 10.8. The Kier molecular flexibility index (Phi) is 2.33. The molecule has 0 aliphatic carbocycles. The Hall–Kier alpha value is -2.29. The predicted molar refractivity (Wildman–Crippen MR) is 72.5 cm³/mol. The number of hydrogen-bond donors (Lipinski definition) is 1. The largest absolute Gasteiger partial charge is 0.399 e. The molecule has 0 radical (unpaired) electrons. The van der Waals surface area contributed by atoms with E-state index >= 15 is 0 Å². The van der Waals surface area contributed by atoms with Gasteiger partial charge >= 0.3 is 0 Å². The van der Waals surface area contributed by atoms with Gasteiger partial charge in [-0.05, 0) is 36.2 Å². The number of rotatable bonds is 1. The highest BCUT2D eigenvalue weighted by Crippen LogP contribution is 2.31. The predicted octanol–water partition coefficient (Wildman–Crippen LogP) is 2.74. The number of carbonyl (C=O) groups is 1. The molecule has 3 heteroatoms. The molecule has 1 heterocycles. The number of benzene rings is 2. The van der Waals surface area contributed by atoms with Gasteiger partial charge < -0.3 is 10.6 Å². The van der Waals surface area contributed by atoms with Crippen LogP contribution in [0.3, 0.4) is 0 Å². The van der Waals surface area contributed by atoms with Crippen molar-refractivity contribution in [1.82, 2.24) is 0 Å². The van der Waals surface area contributed by atoms with E-state index in [1.165, 1.54) is 0 Å². The molecule has 1 amide bonds. The monoisotopic (exact) mass is 238 g/mol. The minimum absolute atomic E-state index is 0.0549. The molecule has 0 bridgehead atoms. The molecule has 2 aromatic carbocycles. The molecular weight excluding hydrogens is 224 g/mol. The third-order valence-corrected chi connectivity index (χ3v) is 3.35. The van der Waals surface area contributed by atoms with Crippen LogP contribution < -0.4 is 10.6 Å². The molecule has 0 atom stereocenters. The van der Waals surface area contributed by atoms with E-state index in [1.54, 1.807) is 4.90 Å². The second kappa shape index (κ2) is 3.88. The zero-order valence-corrected chi connectivity index (χ0v) is 10.2. The summed E-state index contributed by atoms with van der Waals surface area (Å²) in [4.78, 5) is 14.1. The zero-order chi connectivity index (χ0) is 12.7. The fourth-order valence-electron chi connectivity index (χ4n) is 2.37. The van der Waals surface area contributed by atoms with Crippen molar-refractivity contribution >= 4 is 17.3 Å². The SMILES string of the molecule is Cc1ccc(N)cc1N1Cc2ccccc2C1=O. The van der Waals surface area contributed by atoms with Crippen LogP contribution in [0, 0.1) is 6.92 Å². The van der Waals surface area contributed by atoms with Crippen molar-refractivity contribution < 1.29 is 4.79 Å². The van der Waals surface area contributed by atoms with Gasteiger partial charge in [-0.2, -0.15) is 0 Å². The number of hydrogen-bond acceptors (Lipinski definition) is 2. The van der Waals surface area contributed by atoms with Gasteiger partial charge in [-0.15, -0.1) is 0 Å². The Morgan fingerprint density at radius 2 is 1.94 bits per heavy atom. The first-order chi connectivity index (χ1) is 8.66. The smallest absolute Gasteiger partial charge is 0.258 e. The molecule has 0 saturated carbocycles. The third-order valence-electron chi connectivity index (χ3n) is 3.35. The van der Waals surface area contributed by atoms with Crippen LogP contribution in [0.2, 0.25) is 0 Å². The van der Waals surface area contributed by atoms with E-state index in [-0.39, 0.29) is 5.91 Å². The third kappa shape index (κ3) is 1.56. The van der Waals surface area contributed by atoms with E-state index < -0.39 is 0 Å². The number of nitrogens with zero attached hydrogens (tertiary/aromatic N) is 1. The number of nitrogens with two attached hydrogens (primary N) is 1. The average molecular weight is 238 g/mol. The average Bonchev–Trinajstić information content (AvgIpc) is 2.71.